The largest absolute Gasteiger partial charge is 0.497 e. The Labute approximate surface area is 223 Å². The average molecular weight is 583 g/mol. The van der Waals surface area contributed by atoms with Crippen LogP contribution in [0.4, 0.5) is 5.69 Å². The second-order valence-corrected chi connectivity index (χ2v) is 11.6. The first-order valence-corrected chi connectivity index (χ1v) is 14.6. The monoisotopic (exact) mass is 581 g/mol. The van der Waals surface area contributed by atoms with Crippen LogP contribution in [-0.2, 0) is 26.2 Å². The fourth-order valence-corrected chi connectivity index (χ4v) is 4.83. The van der Waals surface area contributed by atoms with E-state index in [2.05, 4.69) is 21.2 Å². The number of nitrogens with zero attached hydrogens (tertiary/aromatic N) is 2. The number of carbonyl (C=O) groups excluding carboxylic acids is 2. The minimum atomic E-state index is -3.58. The number of benzene rings is 2. The van der Waals surface area contributed by atoms with E-state index in [4.69, 9.17) is 4.74 Å². The van der Waals surface area contributed by atoms with Gasteiger partial charge in [-0.2, -0.15) is 0 Å². The molecule has 10 heteroatoms. The van der Waals surface area contributed by atoms with Gasteiger partial charge in [-0.05, 0) is 56.5 Å². The van der Waals surface area contributed by atoms with Crippen LogP contribution in [0.1, 0.15) is 45.6 Å². The van der Waals surface area contributed by atoms with E-state index >= 15 is 0 Å². The van der Waals surface area contributed by atoms with Crippen molar-refractivity contribution in [3.63, 3.8) is 0 Å². The summed E-state index contributed by atoms with van der Waals surface area (Å²) >= 11 is 3.41. The number of methoxy groups -OCH3 is 1. The number of hydrogen-bond donors (Lipinski definition) is 1. The molecular formula is C26H36BrN3O5S. The third-order valence-electron chi connectivity index (χ3n) is 5.93. The third-order valence-corrected chi connectivity index (χ3v) is 7.65. The van der Waals surface area contributed by atoms with Crippen LogP contribution < -0.4 is 14.4 Å². The summed E-state index contributed by atoms with van der Waals surface area (Å²) in [4.78, 5) is 27.7. The maximum Gasteiger partial charge on any atom is 0.242 e. The van der Waals surface area contributed by atoms with E-state index < -0.39 is 16.1 Å². The molecule has 2 atom stereocenters. The van der Waals surface area contributed by atoms with E-state index in [1.807, 2.05) is 38.1 Å². The Morgan fingerprint density at radius 3 is 2.36 bits per heavy atom. The van der Waals surface area contributed by atoms with Gasteiger partial charge in [-0.1, -0.05) is 41.1 Å². The molecule has 8 nitrogen and oxygen atoms in total. The highest BCUT2D eigenvalue weighted by Gasteiger charge is 2.27. The molecule has 0 bridgehead atoms. The van der Waals surface area contributed by atoms with Crippen molar-refractivity contribution in [1.29, 1.82) is 0 Å². The number of sulfonamides is 1. The van der Waals surface area contributed by atoms with Gasteiger partial charge in [-0.3, -0.25) is 13.9 Å². The third kappa shape index (κ3) is 8.81. The SMILES string of the molecule is CC[C@H](C)NC(=O)[C@@H](C)N(Cc1ccc(Br)cc1)C(=O)CCCN(c1cccc(OC)c1)S(C)(=O)=O. The zero-order valence-electron chi connectivity index (χ0n) is 21.5. The van der Waals surface area contributed by atoms with E-state index in [0.29, 0.717) is 17.9 Å². The van der Waals surface area contributed by atoms with Crippen LogP contribution in [0.25, 0.3) is 0 Å². The number of amides is 2. The molecule has 2 amide bonds. The van der Waals surface area contributed by atoms with Gasteiger partial charge in [0.25, 0.3) is 0 Å². The molecule has 0 saturated heterocycles. The second kappa shape index (κ2) is 13.6. The highest BCUT2D eigenvalue weighted by molar-refractivity contribution is 9.10. The molecule has 2 aromatic carbocycles. The van der Waals surface area contributed by atoms with Crippen LogP contribution >= 0.6 is 15.9 Å². The van der Waals surface area contributed by atoms with Crippen LogP contribution in [0.2, 0.25) is 0 Å². The molecule has 0 aliphatic carbocycles. The molecule has 1 N–H and O–H groups in total. The Hall–Kier alpha value is -2.59. The van der Waals surface area contributed by atoms with Crippen LogP contribution in [0.3, 0.4) is 0 Å². The van der Waals surface area contributed by atoms with Crippen molar-refractivity contribution in [2.45, 2.75) is 58.7 Å². The van der Waals surface area contributed by atoms with E-state index in [9.17, 15) is 18.0 Å². The van der Waals surface area contributed by atoms with E-state index in [1.165, 1.54) is 11.4 Å². The lowest BCUT2D eigenvalue weighted by Gasteiger charge is -2.30. The van der Waals surface area contributed by atoms with Gasteiger partial charge in [-0.25, -0.2) is 8.42 Å². The Balaban J connectivity index is 2.17. The smallest absolute Gasteiger partial charge is 0.242 e. The molecule has 2 rings (SSSR count). The molecule has 2 aromatic rings. The first-order valence-electron chi connectivity index (χ1n) is 11.9. The molecule has 0 radical (unpaired) electrons. The van der Waals surface area contributed by atoms with E-state index in [1.54, 1.807) is 36.1 Å². The van der Waals surface area contributed by atoms with Crippen molar-refractivity contribution in [3.05, 3.63) is 58.6 Å². The first kappa shape index (κ1) is 29.6. The summed E-state index contributed by atoms with van der Waals surface area (Å²) in [6, 6.07) is 13.7. The number of anilines is 1. The molecule has 36 heavy (non-hydrogen) atoms. The highest BCUT2D eigenvalue weighted by Crippen LogP contribution is 2.24. The summed E-state index contributed by atoms with van der Waals surface area (Å²) in [6.07, 6.45) is 2.30. The number of ether oxygens (including phenoxy) is 1. The summed E-state index contributed by atoms with van der Waals surface area (Å²) in [5, 5.41) is 2.95. The number of halogens is 1. The summed E-state index contributed by atoms with van der Waals surface area (Å²) in [7, 11) is -2.06. The lowest BCUT2D eigenvalue weighted by atomic mass is 10.1. The summed E-state index contributed by atoms with van der Waals surface area (Å²) < 4.78 is 32.3. The highest BCUT2D eigenvalue weighted by atomic mass is 79.9. The zero-order chi connectivity index (χ0) is 26.9. The van der Waals surface area contributed by atoms with Gasteiger partial charge in [0.1, 0.15) is 11.8 Å². The van der Waals surface area contributed by atoms with Crippen molar-refractivity contribution in [3.8, 4) is 5.75 Å². The summed E-state index contributed by atoms with van der Waals surface area (Å²) in [5.41, 5.74) is 1.36. The number of hydrogen-bond acceptors (Lipinski definition) is 5. The second-order valence-electron chi connectivity index (χ2n) is 8.78. The molecular weight excluding hydrogens is 546 g/mol. The Morgan fingerprint density at radius 1 is 1.11 bits per heavy atom. The predicted octanol–water partition coefficient (Wildman–Crippen LogP) is 4.34. The zero-order valence-corrected chi connectivity index (χ0v) is 23.9. The summed E-state index contributed by atoms with van der Waals surface area (Å²) in [5.74, 6) is 0.104. The number of nitrogens with one attached hydrogen (secondary N) is 1. The van der Waals surface area contributed by atoms with E-state index in [-0.39, 0.29) is 37.4 Å². The Kier molecular flexibility index (Phi) is 11.2. The van der Waals surface area contributed by atoms with Crippen LogP contribution in [0.5, 0.6) is 5.75 Å². The van der Waals surface area contributed by atoms with Crippen molar-refractivity contribution in [1.82, 2.24) is 10.2 Å². The van der Waals surface area contributed by atoms with Gasteiger partial charge in [0, 0.05) is 36.1 Å². The lowest BCUT2D eigenvalue weighted by Crippen LogP contribution is -2.49. The molecule has 0 heterocycles. The van der Waals surface area contributed by atoms with Gasteiger partial charge >= 0.3 is 0 Å². The van der Waals surface area contributed by atoms with Crippen LogP contribution in [-0.4, -0.2) is 57.1 Å². The molecule has 0 aromatic heterocycles. The lowest BCUT2D eigenvalue weighted by molar-refractivity contribution is -0.140. The summed E-state index contributed by atoms with van der Waals surface area (Å²) in [6.45, 7) is 6.01. The fraction of sp³-hybridized carbons (Fsp3) is 0.462. The Morgan fingerprint density at radius 2 is 1.78 bits per heavy atom. The normalized spacial score (nSPS) is 12.9. The molecule has 0 saturated carbocycles. The van der Waals surface area contributed by atoms with Gasteiger partial charge < -0.3 is 15.0 Å². The van der Waals surface area contributed by atoms with Gasteiger partial charge in [0.05, 0.1) is 19.1 Å². The predicted molar refractivity (Wildman–Crippen MR) is 146 cm³/mol. The van der Waals surface area contributed by atoms with Gasteiger partial charge in [0.2, 0.25) is 21.8 Å². The van der Waals surface area contributed by atoms with Gasteiger partial charge in [-0.15, -0.1) is 0 Å². The van der Waals surface area contributed by atoms with Gasteiger partial charge in [0.15, 0.2) is 0 Å². The maximum atomic E-state index is 13.3. The first-order chi connectivity index (χ1) is 17.0. The Bertz CT molecular complexity index is 1120. The molecule has 0 spiro atoms. The van der Waals surface area contributed by atoms with E-state index in [0.717, 1.165) is 22.7 Å². The molecule has 0 unspecified atom stereocenters. The molecule has 0 aliphatic heterocycles. The average Bonchev–Trinajstić information content (AvgIpc) is 2.84. The fourth-order valence-electron chi connectivity index (χ4n) is 3.60. The van der Waals surface area contributed by atoms with Crippen molar-refractivity contribution < 1.29 is 22.7 Å². The number of rotatable bonds is 13. The minimum absolute atomic E-state index is 0.00392. The molecule has 198 valence electrons. The topological polar surface area (TPSA) is 96.0 Å². The van der Waals surface area contributed by atoms with Crippen LogP contribution in [0, 0.1) is 0 Å². The maximum absolute atomic E-state index is 13.3. The van der Waals surface area contributed by atoms with Crippen molar-refractivity contribution in [2.24, 2.45) is 0 Å². The molecule has 0 aliphatic rings. The van der Waals surface area contributed by atoms with Crippen molar-refractivity contribution in [2.75, 3.05) is 24.2 Å². The van der Waals surface area contributed by atoms with Crippen LogP contribution in [0.15, 0.2) is 53.0 Å². The number of carbonyl (C=O) groups is 2. The molecule has 0 fully saturated rings. The van der Waals surface area contributed by atoms with Crippen molar-refractivity contribution >= 4 is 43.5 Å². The minimum Gasteiger partial charge on any atom is -0.497 e. The quantitative estimate of drug-likeness (QED) is 0.379. The standard InChI is InChI=1S/C26H36BrN3O5S/c1-6-19(2)28-26(32)20(3)29(18-21-12-14-22(27)15-13-21)25(31)11-8-16-30(36(5,33)34)23-9-7-10-24(17-23)35-4/h7,9-10,12-15,17,19-20H,6,8,11,16,18H2,1-5H3,(H,28,32)/t19-,20+/m0/s1.